The second-order valence-electron chi connectivity index (χ2n) is 10.7. The van der Waals surface area contributed by atoms with Crippen LogP contribution in [-0.2, 0) is 4.79 Å². The summed E-state index contributed by atoms with van der Waals surface area (Å²) in [5, 5.41) is 8.40. The zero-order valence-corrected chi connectivity index (χ0v) is 22.5. The normalized spacial score (nSPS) is 20.4. The van der Waals surface area contributed by atoms with E-state index >= 15 is 0 Å². The number of nitrogens with one attached hydrogen (secondary N) is 1. The van der Waals surface area contributed by atoms with Gasteiger partial charge in [-0.15, -0.1) is 0 Å². The Morgan fingerprint density at radius 2 is 1.71 bits per heavy atom. The lowest BCUT2D eigenvalue weighted by molar-refractivity contribution is -0.127. The van der Waals surface area contributed by atoms with E-state index in [1.807, 2.05) is 21.7 Å². The van der Waals surface area contributed by atoms with Gasteiger partial charge in [0.2, 0.25) is 5.91 Å². The number of nitrogens with zero attached hydrogens (tertiary/aromatic N) is 3. The molecular formula is C29H39N5O4. The number of nitrogens with two attached hydrogens (primary N) is 1. The van der Waals surface area contributed by atoms with Crippen LogP contribution in [0, 0.1) is 5.92 Å². The Bertz CT molecular complexity index is 1180. The molecule has 2 aliphatic heterocycles. The van der Waals surface area contributed by atoms with E-state index in [9.17, 15) is 9.59 Å². The fourth-order valence-corrected chi connectivity index (χ4v) is 6.68. The number of carbonyl (C=O) groups is 2. The van der Waals surface area contributed by atoms with Crippen LogP contribution in [0.1, 0.15) is 79.2 Å². The lowest BCUT2D eigenvalue weighted by atomic mass is 9.82. The Morgan fingerprint density at radius 3 is 2.29 bits per heavy atom. The van der Waals surface area contributed by atoms with E-state index in [0.29, 0.717) is 42.0 Å². The zero-order chi connectivity index (χ0) is 26.8. The number of aromatic nitrogens is 2. The van der Waals surface area contributed by atoms with Crippen LogP contribution in [0.2, 0.25) is 0 Å². The van der Waals surface area contributed by atoms with Gasteiger partial charge >= 0.3 is 0 Å². The lowest BCUT2D eigenvalue weighted by Crippen LogP contribution is -2.41. The van der Waals surface area contributed by atoms with Gasteiger partial charge in [0.1, 0.15) is 28.6 Å². The molecule has 1 aromatic heterocycles. The molecule has 0 bridgehead atoms. The first-order valence-electron chi connectivity index (χ1n) is 13.8. The smallest absolute Gasteiger partial charge is 0.254 e. The van der Waals surface area contributed by atoms with Crippen molar-refractivity contribution >= 4 is 17.6 Å². The van der Waals surface area contributed by atoms with Gasteiger partial charge in [0, 0.05) is 30.8 Å². The molecule has 1 saturated heterocycles. The highest BCUT2D eigenvalue weighted by atomic mass is 16.5. The van der Waals surface area contributed by atoms with Crippen molar-refractivity contribution in [3.63, 3.8) is 0 Å². The highest BCUT2D eigenvalue weighted by Crippen LogP contribution is 2.46. The first-order valence-corrected chi connectivity index (χ1v) is 13.8. The summed E-state index contributed by atoms with van der Waals surface area (Å²) in [6.45, 7) is 5.74. The number of hydrogen-bond acceptors (Lipinski definition) is 6. The van der Waals surface area contributed by atoms with Gasteiger partial charge in [0.15, 0.2) is 0 Å². The average Bonchev–Trinajstić information content (AvgIpc) is 3.37. The predicted molar refractivity (Wildman–Crippen MR) is 147 cm³/mol. The third-order valence-electron chi connectivity index (χ3n) is 8.60. The SMILES string of the molecule is C=CC(=O)N1CCC(C2CCNc3c(C(N)=O)c(-c4cc(OC)c(C5CCCCC5)c(OC)c4)nn32)CC1. The van der Waals surface area contributed by atoms with Crippen LogP contribution in [-0.4, -0.2) is 60.3 Å². The molecule has 204 valence electrons. The van der Waals surface area contributed by atoms with E-state index in [4.69, 9.17) is 20.3 Å². The van der Waals surface area contributed by atoms with Gasteiger partial charge in [0.05, 0.1) is 20.3 Å². The molecule has 1 aliphatic carbocycles. The van der Waals surface area contributed by atoms with Gasteiger partial charge in [-0.25, -0.2) is 4.68 Å². The van der Waals surface area contributed by atoms with Crippen molar-refractivity contribution in [2.45, 2.75) is 63.3 Å². The van der Waals surface area contributed by atoms with Crippen molar-refractivity contribution in [3.8, 4) is 22.8 Å². The number of benzene rings is 1. The molecule has 5 rings (SSSR count). The summed E-state index contributed by atoms with van der Waals surface area (Å²) in [4.78, 5) is 26.7. The molecule has 1 saturated carbocycles. The van der Waals surface area contributed by atoms with Gasteiger partial charge in [-0.05, 0) is 62.1 Å². The van der Waals surface area contributed by atoms with Gasteiger partial charge in [-0.3, -0.25) is 9.59 Å². The molecule has 2 aromatic rings. The molecular weight excluding hydrogens is 482 g/mol. The molecule has 9 heteroatoms. The topological polar surface area (TPSA) is 112 Å². The number of likely N-dealkylation sites (tertiary alicyclic amines) is 1. The van der Waals surface area contributed by atoms with Crippen LogP contribution in [0.25, 0.3) is 11.3 Å². The van der Waals surface area contributed by atoms with E-state index in [1.54, 1.807) is 14.2 Å². The summed E-state index contributed by atoms with van der Waals surface area (Å²) in [5.41, 5.74) is 8.73. The molecule has 3 N–H and O–H groups in total. The van der Waals surface area contributed by atoms with Crippen LogP contribution in [0.3, 0.4) is 0 Å². The summed E-state index contributed by atoms with van der Waals surface area (Å²) < 4.78 is 13.7. The van der Waals surface area contributed by atoms with Crippen LogP contribution < -0.4 is 20.5 Å². The number of amides is 2. The van der Waals surface area contributed by atoms with E-state index in [-0.39, 0.29) is 11.9 Å². The zero-order valence-electron chi connectivity index (χ0n) is 22.5. The molecule has 2 amide bonds. The van der Waals surface area contributed by atoms with Crippen LogP contribution >= 0.6 is 0 Å². The Balaban J connectivity index is 1.53. The second kappa shape index (κ2) is 11.1. The van der Waals surface area contributed by atoms with Crippen LogP contribution in [0.15, 0.2) is 24.8 Å². The van der Waals surface area contributed by atoms with E-state index < -0.39 is 5.91 Å². The fourth-order valence-electron chi connectivity index (χ4n) is 6.68. The van der Waals surface area contributed by atoms with Crippen molar-refractivity contribution in [2.24, 2.45) is 11.7 Å². The molecule has 1 atom stereocenters. The molecule has 9 nitrogen and oxygen atoms in total. The van der Waals surface area contributed by atoms with Gasteiger partial charge in [0.25, 0.3) is 5.91 Å². The standard InChI is InChI=1S/C29H39N5O4/c1-4-24(35)33-14-11-18(12-15-33)21-10-13-31-29-26(28(30)36)27(32-34(21)29)20-16-22(37-2)25(23(17-20)38-3)19-8-6-5-7-9-19/h4,16-19,21,31H,1,5-15H2,2-3H3,(H2,30,36). The summed E-state index contributed by atoms with van der Waals surface area (Å²) in [6.07, 6.45) is 9.91. The molecule has 38 heavy (non-hydrogen) atoms. The number of hydrogen-bond donors (Lipinski definition) is 2. The Hall–Kier alpha value is -3.49. The third kappa shape index (κ3) is 4.74. The number of methoxy groups -OCH3 is 2. The summed E-state index contributed by atoms with van der Waals surface area (Å²) >= 11 is 0. The number of rotatable bonds is 7. The molecule has 0 spiro atoms. The average molecular weight is 522 g/mol. The number of primary amides is 1. The molecule has 0 radical (unpaired) electrons. The number of anilines is 1. The van der Waals surface area contributed by atoms with E-state index in [2.05, 4.69) is 11.9 Å². The molecule has 3 heterocycles. The first-order chi connectivity index (χ1) is 18.5. The maximum absolute atomic E-state index is 12.8. The number of ether oxygens (including phenoxy) is 2. The Labute approximate surface area is 224 Å². The number of piperidine rings is 1. The largest absolute Gasteiger partial charge is 0.496 e. The van der Waals surface area contributed by atoms with Crippen LogP contribution in [0.4, 0.5) is 5.82 Å². The molecule has 3 aliphatic rings. The van der Waals surface area contributed by atoms with Gasteiger partial charge < -0.3 is 25.4 Å². The van der Waals surface area contributed by atoms with E-state index in [1.165, 1.54) is 25.3 Å². The highest BCUT2D eigenvalue weighted by Gasteiger charge is 2.36. The second-order valence-corrected chi connectivity index (χ2v) is 10.7. The minimum Gasteiger partial charge on any atom is -0.496 e. The fraction of sp³-hybridized carbons (Fsp3) is 0.552. The molecule has 1 aromatic carbocycles. The van der Waals surface area contributed by atoms with Gasteiger partial charge in [-0.2, -0.15) is 5.10 Å². The number of fused-ring (bicyclic) bond motifs is 1. The third-order valence-corrected chi connectivity index (χ3v) is 8.60. The van der Waals surface area contributed by atoms with Crippen LogP contribution in [0.5, 0.6) is 11.5 Å². The maximum Gasteiger partial charge on any atom is 0.254 e. The van der Waals surface area contributed by atoms with E-state index in [0.717, 1.165) is 61.3 Å². The summed E-state index contributed by atoms with van der Waals surface area (Å²) in [7, 11) is 3.36. The Morgan fingerprint density at radius 1 is 1.05 bits per heavy atom. The van der Waals surface area contributed by atoms with Crippen molar-refractivity contribution in [3.05, 3.63) is 35.9 Å². The minimum absolute atomic E-state index is 0.0218. The monoisotopic (exact) mass is 521 g/mol. The van der Waals surface area contributed by atoms with Crippen molar-refractivity contribution in [1.82, 2.24) is 14.7 Å². The lowest BCUT2D eigenvalue weighted by Gasteiger charge is -2.38. The first kappa shape index (κ1) is 26.1. The quantitative estimate of drug-likeness (QED) is 0.519. The minimum atomic E-state index is -0.518. The molecule has 2 fully saturated rings. The maximum atomic E-state index is 12.8. The van der Waals surface area contributed by atoms with Crippen molar-refractivity contribution in [1.29, 1.82) is 0 Å². The molecule has 1 unspecified atom stereocenters. The van der Waals surface area contributed by atoms with Crippen molar-refractivity contribution in [2.75, 3.05) is 39.2 Å². The van der Waals surface area contributed by atoms with Crippen molar-refractivity contribution < 1.29 is 19.1 Å². The summed E-state index contributed by atoms with van der Waals surface area (Å²) in [6, 6.07) is 4.06. The number of carbonyl (C=O) groups excluding carboxylic acids is 2. The van der Waals surface area contributed by atoms with Gasteiger partial charge in [-0.1, -0.05) is 25.8 Å². The Kier molecular flexibility index (Phi) is 7.63. The predicted octanol–water partition coefficient (Wildman–Crippen LogP) is 4.50. The highest BCUT2D eigenvalue weighted by molar-refractivity contribution is 6.04. The summed E-state index contributed by atoms with van der Waals surface area (Å²) in [5.74, 6) is 2.38.